The number of hydrogen-bond acceptors (Lipinski definition) is 32. The molecule has 13 atom stereocenters. The van der Waals surface area contributed by atoms with Crippen LogP contribution >= 0.6 is 34.8 Å². The van der Waals surface area contributed by atoms with Gasteiger partial charge >= 0.3 is 23.2 Å². The highest BCUT2D eigenvalue weighted by Crippen LogP contribution is 2.56. The number of phosphoric ester groups is 2. The maximum Gasteiger partial charge on any atom is 0.475 e. The Kier molecular flexibility index (Phi) is 26.6. The van der Waals surface area contributed by atoms with E-state index in [1.807, 2.05) is 44.2 Å². The quantitative estimate of drug-likeness (QED) is 0.0172. The standard InChI is InChI=1S/C25H35ClN5O7P.C20H34N5O7P.C16H26N5O6P/c1-15(2)37-39(33,38-16(3)4)35-12-18-20(32)25(5,13-34-11-17-9-7-6-8-10-17)23(36-18)31-14-28-19-21(27)29-24(26)30-22(19)31;1-11(2)31-33(27,32-12(3)4)29-8-14-16(26)20(6,9-28-7)19(30-14)25-10-22-15-17(21)23-13(5)24-18(15)25;1-5-25-28(4,24)26-6-10-12(23)16(3,7-22)15(27-10)21-8-18-11-13(17)19-9(2)20-14(11)21/h6-10,14-16,18,20,23,32H,11-13H2,1-5H3,(H2,27,29,30);10-12,14,16,19,26H,8-9H2,1-7H3,(H2,21,23,24);8,10,12,15,22-23H,5-7H2,1-4H3,(H2,17,19,20)/t18-,20?,23-,25+;14-,16?,19-,20+;10-,12?,15-,16-,28?/m111/s1. The van der Waals surface area contributed by atoms with Crippen LogP contribution in [0.3, 0.4) is 0 Å². The van der Waals surface area contributed by atoms with Crippen molar-refractivity contribution in [3.63, 3.8) is 0 Å². The topological polar surface area (TPSA) is 461 Å². The maximum absolute atomic E-state index is 13.3. The monoisotopic (exact) mass is 1490 g/mol. The van der Waals surface area contributed by atoms with E-state index in [1.165, 1.54) is 26.4 Å². The van der Waals surface area contributed by atoms with Gasteiger partial charge in [-0.2, -0.15) is 9.97 Å². The molecule has 7 aromatic rings. The average molecular weight is 1490 g/mol. The van der Waals surface area contributed by atoms with Crippen LogP contribution in [0.1, 0.15) is 119 Å². The zero-order chi connectivity index (χ0) is 73.6. The molecule has 39 heteroatoms. The van der Waals surface area contributed by atoms with Crippen molar-refractivity contribution in [2.24, 2.45) is 16.2 Å². The fourth-order valence-corrected chi connectivity index (χ4v) is 15.9. The number of halogens is 1. The molecule has 100 heavy (non-hydrogen) atoms. The van der Waals surface area contributed by atoms with Crippen LogP contribution in [0.4, 0.5) is 17.5 Å². The number of aromatic nitrogens is 12. The van der Waals surface area contributed by atoms with Gasteiger partial charge in [0.2, 0.25) is 5.28 Å². The van der Waals surface area contributed by atoms with E-state index in [0.717, 1.165) is 5.56 Å². The van der Waals surface area contributed by atoms with Crippen LogP contribution in [0.5, 0.6) is 0 Å². The molecule has 9 heterocycles. The Morgan fingerprint density at radius 2 is 0.930 bits per heavy atom. The zero-order valence-corrected chi connectivity index (χ0v) is 62.4. The van der Waals surface area contributed by atoms with E-state index in [2.05, 4.69) is 44.9 Å². The SMILES string of the molecule is CC(C)OP(=O)(OC[C@H]1O[C@@H](n2cnc3c(N)nc(Cl)nc32)[C@@](C)(COCc2ccccc2)C1O)OC(C)C.CCOP(C)(=O)OC[C@H]1O[C@@H](n2cnc3c(N)nc(C)nc32)[C@](C)(CO)C1O.COC[C@@]1(C)C(O)[C@@H](COP(=O)(OC(C)C)OC(C)C)O[C@H]1n1cnc2c(N)nc(C)nc21. The molecule has 0 saturated carbocycles. The number of ether oxygens (including phenoxy) is 5. The summed E-state index contributed by atoms with van der Waals surface area (Å²) in [5, 5.41) is 43.5. The smallest absolute Gasteiger partial charge is 0.396 e. The molecule has 10 N–H and O–H groups in total. The van der Waals surface area contributed by atoms with Gasteiger partial charge in [0.1, 0.15) is 65.2 Å². The number of anilines is 3. The van der Waals surface area contributed by atoms with Crippen molar-refractivity contribution in [2.45, 2.75) is 183 Å². The van der Waals surface area contributed by atoms with Crippen molar-refractivity contribution in [3.8, 4) is 0 Å². The number of imidazole rings is 3. The fraction of sp³-hybridized carbons (Fsp3) is 0.656. The first-order chi connectivity index (χ1) is 46.9. The van der Waals surface area contributed by atoms with Gasteiger partial charge in [0.15, 0.2) is 34.4 Å². The number of methoxy groups -OCH3 is 1. The normalized spacial score (nSPS) is 26.4. The van der Waals surface area contributed by atoms with Gasteiger partial charge in [0.05, 0.1) is 131 Å². The third kappa shape index (κ3) is 18.4. The molecule has 3 aliphatic rings. The van der Waals surface area contributed by atoms with Gasteiger partial charge in [0.25, 0.3) is 0 Å². The molecule has 1 aromatic carbocycles. The molecule has 3 fully saturated rings. The van der Waals surface area contributed by atoms with Gasteiger partial charge in [0, 0.05) is 13.8 Å². The third-order valence-corrected chi connectivity index (χ3v) is 21.5. The highest BCUT2D eigenvalue weighted by Gasteiger charge is 2.58. The lowest BCUT2D eigenvalue weighted by molar-refractivity contribution is -0.0748. The van der Waals surface area contributed by atoms with Gasteiger partial charge in [-0.1, -0.05) is 51.1 Å². The molecule has 6 aromatic heterocycles. The lowest BCUT2D eigenvalue weighted by Crippen LogP contribution is -2.42. The molecule has 0 aliphatic carbocycles. The van der Waals surface area contributed by atoms with Crippen molar-refractivity contribution in [1.82, 2.24) is 58.6 Å². The molecular formula is C61H95ClN15O20P3. The maximum atomic E-state index is 13.3. The van der Waals surface area contributed by atoms with E-state index < -0.39 is 107 Å². The molecule has 0 bridgehead atoms. The van der Waals surface area contributed by atoms with Crippen molar-refractivity contribution < 1.29 is 94.0 Å². The molecule has 4 unspecified atom stereocenters. The second-order valence-electron chi connectivity index (χ2n) is 26.3. The molecule has 10 rings (SSSR count). The average Bonchev–Trinajstić information content (AvgIpc) is 1.60. The van der Waals surface area contributed by atoms with Crippen LogP contribution in [0.15, 0.2) is 49.3 Å². The van der Waals surface area contributed by atoms with E-state index >= 15 is 0 Å². The summed E-state index contributed by atoms with van der Waals surface area (Å²) in [5.41, 5.74) is 18.3. The molecule has 0 amide bonds. The number of hydrogen-bond donors (Lipinski definition) is 7. The Bertz CT molecular complexity index is 4000. The Labute approximate surface area is 584 Å². The van der Waals surface area contributed by atoms with Crippen molar-refractivity contribution >= 4 is 85.8 Å². The number of nitrogens with zero attached hydrogens (tertiary/aromatic N) is 12. The minimum atomic E-state index is -3.94. The Morgan fingerprint density at radius 1 is 0.560 bits per heavy atom. The summed E-state index contributed by atoms with van der Waals surface area (Å²) in [4.78, 5) is 38.2. The lowest BCUT2D eigenvalue weighted by atomic mass is 9.83. The molecule has 556 valence electrons. The number of aliphatic hydroxyl groups excluding tert-OH is 4. The van der Waals surface area contributed by atoms with Gasteiger partial charge in [-0.15, -0.1) is 0 Å². The van der Waals surface area contributed by atoms with Crippen LogP contribution in [-0.4, -0.2) is 200 Å². The van der Waals surface area contributed by atoms with Crippen molar-refractivity contribution in [1.29, 1.82) is 0 Å². The Morgan fingerprint density at radius 3 is 1.32 bits per heavy atom. The highest BCUT2D eigenvalue weighted by molar-refractivity contribution is 7.53. The largest absolute Gasteiger partial charge is 0.475 e. The molecule has 0 spiro atoms. The molecular weight excluding hydrogens is 1390 g/mol. The summed E-state index contributed by atoms with van der Waals surface area (Å²) in [6, 6.07) is 9.67. The first-order valence-corrected chi connectivity index (χ1v) is 37.6. The number of phosphoric acid groups is 2. The first-order valence-electron chi connectivity index (χ1n) is 32.3. The number of nitrogens with two attached hydrogens (primary N) is 3. The minimum Gasteiger partial charge on any atom is -0.396 e. The number of aryl methyl sites for hydroxylation is 2. The van der Waals surface area contributed by atoms with Crippen molar-refractivity contribution in [2.75, 3.05) is 77.2 Å². The minimum absolute atomic E-state index is 0.0557. The van der Waals surface area contributed by atoms with Crippen LogP contribution in [0.25, 0.3) is 33.5 Å². The van der Waals surface area contributed by atoms with Crippen LogP contribution in [-0.2, 0) is 80.2 Å². The summed E-state index contributed by atoms with van der Waals surface area (Å²) < 4.78 is 117. The third-order valence-electron chi connectivity index (χ3n) is 16.3. The summed E-state index contributed by atoms with van der Waals surface area (Å²) in [7, 11) is -9.55. The highest BCUT2D eigenvalue weighted by atomic mass is 35.5. The van der Waals surface area contributed by atoms with Crippen LogP contribution in [0.2, 0.25) is 5.28 Å². The molecule has 35 nitrogen and oxygen atoms in total. The van der Waals surface area contributed by atoms with E-state index in [4.69, 9.17) is 88.7 Å². The predicted octanol–water partition coefficient (Wildman–Crippen LogP) is 7.97. The van der Waals surface area contributed by atoms with Crippen molar-refractivity contribution in [3.05, 3.63) is 71.8 Å². The fourth-order valence-electron chi connectivity index (χ4n) is 11.7. The Balaban J connectivity index is 0.000000194. The van der Waals surface area contributed by atoms with Gasteiger partial charge in [-0.3, -0.25) is 45.4 Å². The predicted molar refractivity (Wildman–Crippen MR) is 366 cm³/mol. The summed E-state index contributed by atoms with van der Waals surface area (Å²) in [5.74, 6) is 1.53. The summed E-state index contributed by atoms with van der Waals surface area (Å²) in [6.07, 6.45) is -5.31. The van der Waals surface area contributed by atoms with E-state index in [1.54, 1.807) is 103 Å². The van der Waals surface area contributed by atoms with E-state index in [-0.39, 0.29) is 81.2 Å². The zero-order valence-electron chi connectivity index (χ0n) is 58.9. The second kappa shape index (κ2) is 33.1. The summed E-state index contributed by atoms with van der Waals surface area (Å²) >= 11 is 6.09. The number of rotatable bonds is 29. The number of fused-ring (bicyclic) bond motifs is 3. The number of benzene rings is 1. The van der Waals surface area contributed by atoms with Crippen LogP contribution < -0.4 is 17.2 Å². The first kappa shape index (κ1) is 80.3. The van der Waals surface area contributed by atoms with Gasteiger partial charge in [-0.25, -0.2) is 44.0 Å². The molecule has 3 saturated heterocycles. The second-order valence-corrected chi connectivity index (χ2v) is 31.8. The summed E-state index contributed by atoms with van der Waals surface area (Å²) in [6.45, 7) is 25.4. The number of aliphatic hydroxyl groups is 4. The van der Waals surface area contributed by atoms with Gasteiger partial charge < -0.3 is 70.4 Å². The van der Waals surface area contributed by atoms with E-state index in [9.17, 15) is 34.1 Å². The molecule has 3 aliphatic heterocycles. The van der Waals surface area contributed by atoms with Gasteiger partial charge in [-0.05, 0) is 93.3 Å². The molecule has 0 radical (unpaired) electrons. The lowest BCUT2D eigenvalue weighted by Gasteiger charge is -2.33. The Hall–Kier alpha value is -5.43. The van der Waals surface area contributed by atoms with Crippen LogP contribution in [0, 0.1) is 30.1 Å². The number of nitrogen functional groups attached to an aromatic ring is 3. The van der Waals surface area contributed by atoms with E-state index in [0.29, 0.717) is 51.7 Å².